The van der Waals surface area contributed by atoms with E-state index < -0.39 is 18.2 Å². The number of hydrogen-bond donors (Lipinski definition) is 1. The molecule has 0 aliphatic carbocycles. The van der Waals surface area contributed by atoms with Crippen molar-refractivity contribution in [2.75, 3.05) is 13.7 Å². The van der Waals surface area contributed by atoms with Gasteiger partial charge in [-0.25, -0.2) is 4.79 Å². The van der Waals surface area contributed by atoms with Crippen molar-refractivity contribution in [1.82, 2.24) is 0 Å². The van der Waals surface area contributed by atoms with E-state index >= 15 is 0 Å². The van der Waals surface area contributed by atoms with E-state index in [1.54, 1.807) is 6.92 Å². The average Bonchev–Trinajstić information content (AvgIpc) is 2.30. The Balaban J connectivity index is 2.91. The van der Waals surface area contributed by atoms with E-state index in [1.807, 2.05) is 30.3 Å². The molecule has 0 fully saturated rings. The summed E-state index contributed by atoms with van der Waals surface area (Å²) >= 11 is 0. The highest BCUT2D eigenvalue weighted by atomic mass is 16.6. The van der Waals surface area contributed by atoms with Crippen molar-refractivity contribution >= 4 is 5.97 Å². The molecule has 0 aromatic heterocycles. The molecule has 2 atom stereocenters. The van der Waals surface area contributed by atoms with E-state index in [0.717, 1.165) is 5.56 Å². The molecule has 88 valence electrons. The maximum absolute atomic E-state index is 11.1. The van der Waals surface area contributed by atoms with Gasteiger partial charge in [0.05, 0.1) is 0 Å². The summed E-state index contributed by atoms with van der Waals surface area (Å²) in [6.07, 6.45) is -1.56. The van der Waals surface area contributed by atoms with Crippen molar-refractivity contribution in [3.05, 3.63) is 35.9 Å². The molecule has 1 aromatic carbocycles. The number of methoxy groups -OCH3 is 1. The molecule has 1 rings (SSSR count). The Morgan fingerprint density at radius 1 is 1.38 bits per heavy atom. The largest absolute Gasteiger partial charge is 0.479 e. The molecule has 0 saturated carbocycles. The SMILES string of the molecule is CCOC(C(=O)O)C(OC)c1ccccc1. The Morgan fingerprint density at radius 2 is 2.00 bits per heavy atom. The molecule has 0 saturated heterocycles. The number of ether oxygens (including phenoxy) is 2. The van der Waals surface area contributed by atoms with Gasteiger partial charge in [0.15, 0.2) is 6.10 Å². The summed E-state index contributed by atoms with van der Waals surface area (Å²) in [6.45, 7) is 2.09. The van der Waals surface area contributed by atoms with Crippen LogP contribution in [0.4, 0.5) is 0 Å². The van der Waals surface area contributed by atoms with E-state index in [1.165, 1.54) is 7.11 Å². The van der Waals surface area contributed by atoms with Gasteiger partial charge in [0, 0.05) is 13.7 Å². The summed E-state index contributed by atoms with van der Waals surface area (Å²) in [5, 5.41) is 9.06. The maximum Gasteiger partial charge on any atom is 0.335 e. The Hall–Kier alpha value is -1.39. The normalized spacial score (nSPS) is 14.4. The van der Waals surface area contributed by atoms with Gasteiger partial charge in [-0.3, -0.25) is 0 Å². The molecule has 0 radical (unpaired) electrons. The van der Waals surface area contributed by atoms with Gasteiger partial charge in [0.2, 0.25) is 0 Å². The van der Waals surface area contributed by atoms with E-state index in [-0.39, 0.29) is 0 Å². The van der Waals surface area contributed by atoms with Crippen molar-refractivity contribution in [3.63, 3.8) is 0 Å². The van der Waals surface area contributed by atoms with Gasteiger partial charge < -0.3 is 14.6 Å². The zero-order valence-electron chi connectivity index (χ0n) is 9.42. The molecule has 0 spiro atoms. The number of hydrogen-bond acceptors (Lipinski definition) is 3. The molecule has 0 bridgehead atoms. The van der Waals surface area contributed by atoms with Crippen LogP contribution < -0.4 is 0 Å². The third kappa shape index (κ3) is 3.05. The third-order valence-electron chi connectivity index (χ3n) is 2.25. The van der Waals surface area contributed by atoms with E-state index in [4.69, 9.17) is 14.6 Å². The third-order valence-corrected chi connectivity index (χ3v) is 2.25. The fourth-order valence-electron chi connectivity index (χ4n) is 1.54. The first-order valence-electron chi connectivity index (χ1n) is 5.12. The predicted molar refractivity (Wildman–Crippen MR) is 59.2 cm³/mol. The standard InChI is InChI=1S/C12H16O4/c1-3-16-11(12(13)14)10(15-2)9-7-5-4-6-8-9/h4-8,10-11H,3H2,1-2H3,(H,13,14). The van der Waals surface area contributed by atoms with Crippen molar-refractivity contribution in [1.29, 1.82) is 0 Å². The van der Waals surface area contributed by atoms with Crippen LogP contribution in [-0.4, -0.2) is 30.9 Å². The smallest absolute Gasteiger partial charge is 0.335 e. The molecule has 16 heavy (non-hydrogen) atoms. The fraction of sp³-hybridized carbons (Fsp3) is 0.417. The van der Waals surface area contributed by atoms with E-state index in [9.17, 15) is 4.79 Å². The summed E-state index contributed by atoms with van der Waals surface area (Å²) in [6, 6.07) is 9.19. The van der Waals surface area contributed by atoms with Crippen LogP contribution in [0, 0.1) is 0 Å². The average molecular weight is 224 g/mol. The van der Waals surface area contributed by atoms with Gasteiger partial charge in [-0.1, -0.05) is 30.3 Å². The number of aliphatic carboxylic acids is 1. The summed E-state index contributed by atoms with van der Waals surface area (Å²) in [7, 11) is 1.48. The Morgan fingerprint density at radius 3 is 2.44 bits per heavy atom. The van der Waals surface area contributed by atoms with Gasteiger partial charge in [-0.05, 0) is 12.5 Å². The molecule has 0 aliphatic rings. The van der Waals surface area contributed by atoms with Crippen LogP contribution in [0.5, 0.6) is 0 Å². The minimum atomic E-state index is -1.02. The highest BCUT2D eigenvalue weighted by molar-refractivity contribution is 5.73. The molecular formula is C12H16O4. The molecule has 1 aromatic rings. The van der Waals surface area contributed by atoms with Crippen molar-refractivity contribution in [2.24, 2.45) is 0 Å². The Bertz CT molecular complexity index is 323. The molecule has 4 heteroatoms. The van der Waals surface area contributed by atoms with Gasteiger partial charge in [0.1, 0.15) is 6.10 Å². The van der Waals surface area contributed by atoms with Crippen molar-refractivity contribution < 1.29 is 19.4 Å². The number of carbonyl (C=O) groups is 1. The first-order valence-corrected chi connectivity index (χ1v) is 5.12. The molecule has 0 heterocycles. The molecule has 1 N–H and O–H groups in total. The van der Waals surface area contributed by atoms with Crippen molar-refractivity contribution in [2.45, 2.75) is 19.1 Å². The van der Waals surface area contributed by atoms with Gasteiger partial charge in [0.25, 0.3) is 0 Å². The number of carboxylic acid groups (broad SMARTS) is 1. The van der Waals surface area contributed by atoms with Crippen LogP contribution >= 0.6 is 0 Å². The minimum absolute atomic E-state index is 0.337. The second kappa shape index (κ2) is 6.25. The second-order valence-corrected chi connectivity index (χ2v) is 3.28. The van der Waals surface area contributed by atoms with Crippen molar-refractivity contribution in [3.8, 4) is 0 Å². The highest BCUT2D eigenvalue weighted by Crippen LogP contribution is 2.22. The number of benzene rings is 1. The van der Waals surface area contributed by atoms with Gasteiger partial charge in [-0.2, -0.15) is 0 Å². The number of rotatable bonds is 6. The van der Waals surface area contributed by atoms with Gasteiger partial charge in [-0.15, -0.1) is 0 Å². The Kier molecular flexibility index (Phi) is 4.95. The fourth-order valence-corrected chi connectivity index (χ4v) is 1.54. The summed E-state index contributed by atoms with van der Waals surface area (Å²) in [5.74, 6) is -1.02. The quantitative estimate of drug-likeness (QED) is 0.801. The molecule has 4 nitrogen and oxygen atoms in total. The molecular weight excluding hydrogens is 208 g/mol. The minimum Gasteiger partial charge on any atom is -0.479 e. The van der Waals surface area contributed by atoms with Crippen LogP contribution in [0.2, 0.25) is 0 Å². The lowest BCUT2D eigenvalue weighted by Gasteiger charge is -2.22. The predicted octanol–water partition coefficient (Wildman–Crippen LogP) is 1.86. The van der Waals surface area contributed by atoms with Gasteiger partial charge >= 0.3 is 5.97 Å². The summed E-state index contributed by atoms with van der Waals surface area (Å²) < 4.78 is 10.4. The van der Waals surface area contributed by atoms with Crippen LogP contribution in [0.1, 0.15) is 18.6 Å². The maximum atomic E-state index is 11.1. The Labute approximate surface area is 94.8 Å². The molecule has 2 unspecified atom stereocenters. The first kappa shape index (κ1) is 12.7. The van der Waals surface area contributed by atoms with Crippen LogP contribution in [0.3, 0.4) is 0 Å². The van der Waals surface area contributed by atoms with Crippen LogP contribution in [-0.2, 0) is 14.3 Å². The van der Waals surface area contributed by atoms with E-state index in [0.29, 0.717) is 6.61 Å². The molecule has 0 amide bonds. The lowest BCUT2D eigenvalue weighted by atomic mass is 10.0. The monoisotopic (exact) mass is 224 g/mol. The summed E-state index contributed by atoms with van der Waals surface area (Å²) in [4.78, 5) is 11.1. The lowest BCUT2D eigenvalue weighted by Crippen LogP contribution is -2.32. The van der Waals surface area contributed by atoms with E-state index in [2.05, 4.69) is 0 Å². The topological polar surface area (TPSA) is 55.8 Å². The first-order chi connectivity index (χ1) is 7.70. The zero-order valence-corrected chi connectivity index (χ0v) is 9.42. The zero-order chi connectivity index (χ0) is 12.0. The second-order valence-electron chi connectivity index (χ2n) is 3.28. The number of carboxylic acids is 1. The summed E-state index contributed by atoms with van der Waals surface area (Å²) in [5.41, 5.74) is 0.797. The highest BCUT2D eigenvalue weighted by Gasteiger charge is 2.29. The molecule has 0 aliphatic heterocycles. The van der Waals surface area contributed by atoms with Crippen LogP contribution in [0.15, 0.2) is 30.3 Å². The van der Waals surface area contributed by atoms with Crippen LogP contribution in [0.25, 0.3) is 0 Å². The lowest BCUT2D eigenvalue weighted by molar-refractivity contribution is -0.160.